The Morgan fingerprint density at radius 3 is 2.21 bits per heavy atom. The fourth-order valence-corrected chi connectivity index (χ4v) is 5.94. The van der Waals surface area contributed by atoms with Crippen molar-refractivity contribution in [2.45, 2.75) is 120 Å². The molecule has 3 aromatic rings. The summed E-state index contributed by atoms with van der Waals surface area (Å²) in [4.78, 5) is 9.71. The van der Waals surface area contributed by atoms with Crippen molar-refractivity contribution >= 4 is 17.5 Å². The fourth-order valence-electron chi connectivity index (χ4n) is 5.94. The minimum absolute atomic E-state index is 0.249. The number of aromatic nitrogens is 1. The Hall–Kier alpha value is -3.04. The molecule has 3 unspecified atom stereocenters. The number of rotatable bonds is 10. The number of hydrogen-bond acceptors (Lipinski definition) is 3. The summed E-state index contributed by atoms with van der Waals surface area (Å²) < 4.78 is 0. The van der Waals surface area contributed by atoms with Gasteiger partial charge in [0, 0.05) is 30.9 Å². The van der Waals surface area contributed by atoms with Crippen LogP contribution in [0, 0.1) is 19.8 Å². The lowest BCUT2D eigenvalue weighted by atomic mass is 9.92. The third-order valence-corrected chi connectivity index (χ3v) is 8.28. The third kappa shape index (κ3) is 10.00. The summed E-state index contributed by atoms with van der Waals surface area (Å²) in [5, 5.41) is 3.72. The molecule has 0 amide bonds. The maximum Gasteiger partial charge on any atom is 0.0854 e. The van der Waals surface area contributed by atoms with E-state index in [1.165, 1.54) is 58.2 Å². The predicted molar refractivity (Wildman–Crippen MR) is 191 cm³/mol. The third-order valence-electron chi connectivity index (χ3n) is 8.28. The summed E-state index contributed by atoms with van der Waals surface area (Å²) in [5.41, 5.74) is 11.6. The number of nitrogens with zero attached hydrogens (tertiary/aromatic N) is 2. The highest BCUT2D eigenvalue weighted by atomic mass is 14.9. The van der Waals surface area contributed by atoms with Crippen LogP contribution in [0.1, 0.15) is 120 Å². The first-order valence-corrected chi connectivity index (χ1v) is 17.2. The SMILES string of the molecule is CC.CC.CC.CCCC(CC)C1C=C(c2cnc3c(c2)N=CC3Cc2ccc(CCc3ccc(C)cc3)c(C)c2)CN1. The van der Waals surface area contributed by atoms with Gasteiger partial charge in [-0.25, -0.2) is 0 Å². The van der Waals surface area contributed by atoms with Crippen molar-refractivity contribution < 1.29 is 0 Å². The molecule has 0 saturated carbocycles. The van der Waals surface area contributed by atoms with Crippen molar-refractivity contribution in [3.63, 3.8) is 0 Å². The first-order chi connectivity index (χ1) is 21.0. The Morgan fingerprint density at radius 2 is 1.56 bits per heavy atom. The minimum Gasteiger partial charge on any atom is -0.306 e. The standard InChI is InChI=1S/C34H41N3.3C2H6/c1-5-7-27(6-2)32-18-29(20-35-32)30-19-33-34(37-21-30)31(22-36-33)17-26-13-15-28(24(4)16-26)14-12-25-10-8-23(3)9-11-25;3*1-2/h8-11,13,15-16,18-19,21-22,27,31-32,35H,5-7,12,14,17,20H2,1-4H3;3*1-2H3. The summed E-state index contributed by atoms with van der Waals surface area (Å²) in [6.07, 6.45) is 13.5. The van der Waals surface area contributed by atoms with Crippen LogP contribution in [0.4, 0.5) is 5.69 Å². The first kappa shape index (κ1) is 36.2. The highest BCUT2D eigenvalue weighted by Gasteiger charge is 2.25. The summed E-state index contributed by atoms with van der Waals surface area (Å²) in [7, 11) is 0. The molecule has 43 heavy (non-hydrogen) atoms. The number of nitrogens with one attached hydrogen (secondary N) is 1. The van der Waals surface area contributed by atoms with E-state index in [0.717, 1.165) is 37.2 Å². The summed E-state index contributed by atoms with van der Waals surface area (Å²) >= 11 is 0. The van der Waals surface area contributed by atoms with E-state index in [1.807, 2.05) is 41.5 Å². The van der Waals surface area contributed by atoms with Crippen LogP contribution in [0.15, 0.2) is 65.8 Å². The predicted octanol–water partition coefficient (Wildman–Crippen LogP) is 10.8. The molecule has 3 heterocycles. The van der Waals surface area contributed by atoms with E-state index < -0.39 is 0 Å². The number of aliphatic imine (C=N–C) groups is 1. The van der Waals surface area contributed by atoms with E-state index in [-0.39, 0.29) is 5.92 Å². The second-order valence-electron chi connectivity index (χ2n) is 11.0. The van der Waals surface area contributed by atoms with Crippen molar-refractivity contribution in [2.24, 2.45) is 10.9 Å². The van der Waals surface area contributed by atoms with E-state index in [9.17, 15) is 0 Å². The van der Waals surface area contributed by atoms with Crippen molar-refractivity contribution in [2.75, 3.05) is 6.54 Å². The Kier molecular flexibility index (Phi) is 16.2. The number of benzene rings is 2. The molecular weight excluding hydrogens is 522 g/mol. The summed E-state index contributed by atoms with van der Waals surface area (Å²) in [6.45, 7) is 21.9. The summed E-state index contributed by atoms with van der Waals surface area (Å²) in [5.74, 6) is 0.962. The van der Waals surface area contributed by atoms with Gasteiger partial charge >= 0.3 is 0 Å². The van der Waals surface area contributed by atoms with Crippen LogP contribution in [0.25, 0.3) is 5.57 Å². The zero-order valence-corrected chi connectivity index (χ0v) is 28.9. The smallest absolute Gasteiger partial charge is 0.0854 e. The quantitative estimate of drug-likeness (QED) is 0.258. The van der Waals surface area contributed by atoms with E-state index in [0.29, 0.717) is 12.0 Å². The van der Waals surface area contributed by atoms with Crippen LogP contribution >= 0.6 is 0 Å². The Balaban J connectivity index is 0.00000101. The molecule has 0 spiro atoms. The van der Waals surface area contributed by atoms with Gasteiger partial charge in [-0.05, 0) is 84.9 Å². The maximum atomic E-state index is 4.92. The molecule has 0 saturated heterocycles. The van der Waals surface area contributed by atoms with Crippen molar-refractivity contribution in [3.05, 3.63) is 99.9 Å². The molecule has 3 atom stereocenters. The second-order valence-corrected chi connectivity index (χ2v) is 11.0. The molecular formula is C40H59N3. The Labute approximate surface area is 264 Å². The molecule has 3 nitrogen and oxygen atoms in total. The molecule has 2 aliphatic heterocycles. The molecule has 2 aliphatic rings. The van der Waals surface area contributed by atoms with Gasteiger partial charge in [0.2, 0.25) is 0 Å². The Bertz CT molecular complexity index is 1290. The molecule has 0 radical (unpaired) electrons. The zero-order chi connectivity index (χ0) is 31.8. The number of pyridine rings is 1. The van der Waals surface area contributed by atoms with Crippen LogP contribution in [-0.4, -0.2) is 23.8 Å². The van der Waals surface area contributed by atoms with Crippen LogP contribution < -0.4 is 5.32 Å². The number of aryl methyl sites for hydroxylation is 4. The highest BCUT2D eigenvalue weighted by Crippen LogP contribution is 2.35. The normalized spacial score (nSPS) is 16.9. The molecule has 5 rings (SSSR count). The average molecular weight is 582 g/mol. The Morgan fingerprint density at radius 1 is 0.860 bits per heavy atom. The van der Waals surface area contributed by atoms with E-state index >= 15 is 0 Å². The lowest BCUT2D eigenvalue weighted by Gasteiger charge is -2.20. The first-order valence-electron chi connectivity index (χ1n) is 17.2. The van der Waals surface area contributed by atoms with Gasteiger partial charge in [0.1, 0.15) is 0 Å². The van der Waals surface area contributed by atoms with Crippen LogP contribution in [0.2, 0.25) is 0 Å². The molecule has 0 fully saturated rings. The minimum atomic E-state index is 0.249. The topological polar surface area (TPSA) is 37.3 Å². The molecule has 3 heteroatoms. The monoisotopic (exact) mass is 581 g/mol. The molecule has 234 valence electrons. The summed E-state index contributed by atoms with van der Waals surface area (Å²) in [6, 6.07) is 18.6. The van der Waals surface area contributed by atoms with Crippen molar-refractivity contribution in [3.8, 4) is 0 Å². The van der Waals surface area contributed by atoms with Gasteiger partial charge in [0.25, 0.3) is 0 Å². The lowest BCUT2D eigenvalue weighted by molar-refractivity contribution is 0.387. The van der Waals surface area contributed by atoms with Crippen molar-refractivity contribution in [1.29, 1.82) is 0 Å². The van der Waals surface area contributed by atoms with E-state index in [4.69, 9.17) is 9.98 Å². The molecule has 1 N–H and O–H groups in total. The van der Waals surface area contributed by atoms with Crippen LogP contribution in [-0.2, 0) is 19.3 Å². The maximum absolute atomic E-state index is 4.92. The number of fused-ring (bicyclic) bond motifs is 1. The average Bonchev–Trinajstić information content (AvgIpc) is 3.71. The van der Waals surface area contributed by atoms with Crippen LogP contribution in [0.5, 0.6) is 0 Å². The fraction of sp³-hybridized carbons (Fsp3) is 0.500. The molecule has 2 aromatic carbocycles. The molecule has 1 aromatic heterocycles. The van der Waals surface area contributed by atoms with Crippen LogP contribution in [0.3, 0.4) is 0 Å². The van der Waals surface area contributed by atoms with E-state index in [2.05, 4.69) is 100 Å². The number of hydrogen-bond donors (Lipinski definition) is 1. The van der Waals surface area contributed by atoms with E-state index in [1.54, 1.807) is 0 Å². The van der Waals surface area contributed by atoms with Gasteiger partial charge in [-0.1, -0.05) is 122 Å². The van der Waals surface area contributed by atoms with Gasteiger partial charge in [-0.3, -0.25) is 9.98 Å². The second kappa shape index (κ2) is 19.3. The van der Waals surface area contributed by atoms with Gasteiger partial charge in [0.05, 0.1) is 11.4 Å². The largest absolute Gasteiger partial charge is 0.306 e. The molecule has 0 aliphatic carbocycles. The van der Waals surface area contributed by atoms with Gasteiger partial charge in [0.15, 0.2) is 0 Å². The lowest BCUT2D eigenvalue weighted by Crippen LogP contribution is -2.30. The van der Waals surface area contributed by atoms with Gasteiger partial charge < -0.3 is 5.32 Å². The van der Waals surface area contributed by atoms with Gasteiger partial charge in [-0.15, -0.1) is 0 Å². The highest BCUT2D eigenvalue weighted by molar-refractivity contribution is 5.82. The molecule has 0 bridgehead atoms. The van der Waals surface area contributed by atoms with Gasteiger partial charge in [-0.2, -0.15) is 0 Å². The zero-order valence-electron chi connectivity index (χ0n) is 28.9. The van der Waals surface area contributed by atoms with Crippen molar-refractivity contribution in [1.82, 2.24) is 10.3 Å².